The molecular weight excluding hydrogens is 364 g/mol. The van der Waals surface area contributed by atoms with Gasteiger partial charge in [-0.1, -0.05) is 19.1 Å². The van der Waals surface area contributed by atoms with Crippen molar-refractivity contribution in [3.05, 3.63) is 65.2 Å². The standard InChI is InChI=1S/C23H26N4O2/c1-15-9-12-26(13-10-15)23(29)20-19-6-4-5-11-27(19)21(25-20)22(28)24-18-8-7-16(2)17(3)14-18/h4-8,11,14-15H,9-10,12-13H2,1-3H3,(H,24,28). The highest BCUT2D eigenvalue weighted by atomic mass is 16.2. The van der Waals surface area contributed by atoms with Gasteiger partial charge in [0.05, 0.1) is 5.52 Å². The average Bonchev–Trinajstić information content (AvgIpc) is 3.11. The highest BCUT2D eigenvalue weighted by Gasteiger charge is 2.27. The van der Waals surface area contributed by atoms with Crippen LogP contribution < -0.4 is 5.32 Å². The lowest BCUT2D eigenvalue weighted by Gasteiger charge is -2.29. The highest BCUT2D eigenvalue weighted by molar-refractivity contribution is 6.06. The van der Waals surface area contributed by atoms with Gasteiger partial charge in [-0.25, -0.2) is 4.98 Å². The Morgan fingerprint density at radius 1 is 1.07 bits per heavy atom. The number of aryl methyl sites for hydroxylation is 2. The third kappa shape index (κ3) is 3.75. The zero-order valence-corrected chi connectivity index (χ0v) is 17.1. The smallest absolute Gasteiger partial charge is 0.292 e. The molecule has 0 unspecified atom stereocenters. The first-order chi connectivity index (χ1) is 13.9. The van der Waals surface area contributed by atoms with E-state index in [-0.39, 0.29) is 17.6 Å². The molecular formula is C23H26N4O2. The maximum Gasteiger partial charge on any atom is 0.292 e. The molecule has 1 saturated heterocycles. The molecule has 0 saturated carbocycles. The lowest BCUT2D eigenvalue weighted by atomic mass is 9.99. The van der Waals surface area contributed by atoms with Gasteiger partial charge in [-0.15, -0.1) is 0 Å². The molecule has 0 radical (unpaired) electrons. The van der Waals surface area contributed by atoms with Gasteiger partial charge in [0, 0.05) is 25.0 Å². The van der Waals surface area contributed by atoms with Crippen molar-refractivity contribution in [1.29, 1.82) is 0 Å². The number of aromatic nitrogens is 2. The molecule has 0 aliphatic carbocycles. The molecule has 0 atom stereocenters. The molecule has 1 aliphatic heterocycles. The van der Waals surface area contributed by atoms with Crippen molar-refractivity contribution in [3.8, 4) is 0 Å². The normalized spacial score (nSPS) is 14.9. The topological polar surface area (TPSA) is 66.7 Å². The number of piperidine rings is 1. The summed E-state index contributed by atoms with van der Waals surface area (Å²) in [6, 6.07) is 11.3. The van der Waals surface area contributed by atoms with E-state index in [0.29, 0.717) is 22.8 Å². The van der Waals surface area contributed by atoms with Gasteiger partial charge in [0.25, 0.3) is 11.8 Å². The Bertz CT molecular complexity index is 1080. The first kappa shape index (κ1) is 19.2. The summed E-state index contributed by atoms with van der Waals surface area (Å²) in [5, 5.41) is 2.91. The quantitative estimate of drug-likeness (QED) is 0.733. The number of hydrogen-bond acceptors (Lipinski definition) is 3. The van der Waals surface area contributed by atoms with Crippen molar-refractivity contribution >= 4 is 23.0 Å². The molecule has 1 N–H and O–H groups in total. The number of carbonyl (C=O) groups is 2. The third-order valence-electron chi connectivity index (χ3n) is 5.79. The SMILES string of the molecule is Cc1ccc(NC(=O)c2nc(C(=O)N3CCC(C)CC3)c3ccccn23)cc1C. The van der Waals surface area contributed by atoms with Crippen LogP contribution in [-0.2, 0) is 0 Å². The van der Waals surface area contributed by atoms with Crippen LogP contribution in [-0.4, -0.2) is 39.2 Å². The number of nitrogens with zero attached hydrogens (tertiary/aromatic N) is 3. The minimum atomic E-state index is -0.333. The Balaban J connectivity index is 1.65. The number of amides is 2. The molecule has 0 bridgehead atoms. The molecule has 3 heterocycles. The van der Waals surface area contributed by atoms with Gasteiger partial charge in [0.2, 0.25) is 5.82 Å². The highest BCUT2D eigenvalue weighted by Crippen LogP contribution is 2.22. The largest absolute Gasteiger partial charge is 0.337 e. The lowest BCUT2D eigenvalue weighted by Crippen LogP contribution is -2.38. The molecule has 2 aromatic heterocycles. The molecule has 1 aliphatic rings. The molecule has 6 heteroatoms. The Kier molecular flexibility index (Phi) is 5.09. The van der Waals surface area contributed by atoms with E-state index in [0.717, 1.165) is 37.1 Å². The summed E-state index contributed by atoms with van der Waals surface area (Å²) in [4.78, 5) is 32.4. The van der Waals surface area contributed by atoms with E-state index in [2.05, 4.69) is 17.2 Å². The Labute approximate surface area is 170 Å². The number of fused-ring (bicyclic) bond motifs is 1. The minimum absolute atomic E-state index is 0.106. The lowest BCUT2D eigenvalue weighted by molar-refractivity contribution is 0.0694. The Morgan fingerprint density at radius 2 is 1.83 bits per heavy atom. The van der Waals surface area contributed by atoms with Crippen LogP contribution in [0.3, 0.4) is 0 Å². The number of pyridine rings is 1. The number of rotatable bonds is 3. The van der Waals surface area contributed by atoms with Crippen molar-refractivity contribution in [2.75, 3.05) is 18.4 Å². The van der Waals surface area contributed by atoms with Crippen LogP contribution in [0.4, 0.5) is 5.69 Å². The zero-order chi connectivity index (χ0) is 20.5. The number of likely N-dealkylation sites (tertiary alicyclic amines) is 1. The van der Waals surface area contributed by atoms with E-state index in [1.807, 2.05) is 55.1 Å². The second kappa shape index (κ2) is 7.70. The first-order valence-corrected chi connectivity index (χ1v) is 10.1. The van der Waals surface area contributed by atoms with Crippen LogP contribution in [0, 0.1) is 19.8 Å². The fourth-order valence-corrected chi connectivity index (χ4v) is 3.72. The molecule has 3 aromatic rings. The summed E-state index contributed by atoms with van der Waals surface area (Å²) in [7, 11) is 0. The molecule has 1 aromatic carbocycles. The van der Waals surface area contributed by atoms with Crippen molar-refractivity contribution < 1.29 is 9.59 Å². The molecule has 4 rings (SSSR count). The van der Waals surface area contributed by atoms with Gasteiger partial charge in [0.1, 0.15) is 0 Å². The summed E-state index contributed by atoms with van der Waals surface area (Å²) < 4.78 is 1.69. The van der Waals surface area contributed by atoms with E-state index in [4.69, 9.17) is 0 Å². The van der Waals surface area contributed by atoms with Crippen molar-refractivity contribution in [1.82, 2.24) is 14.3 Å². The fraction of sp³-hybridized carbons (Fsp3) is 0.348. The Hall–Kier alpha value is -3.15. The minimum Gasteiger partial charge on any atom is -0.337 e. The van der Waals surface area contributed by atoms with Crippen LogP contribution in [0.25, 0.3) is 5.52 Å². The zero-order valence-electron chi connectivity index (χ0n) is 17.1. The molecule has 2 amide bonds. The van der Waals surface area contributed by atoms with Crippen LogP contribution >= 0.6 is 0 Å². The van der Waals surface area contributed by atoms with Crippen LogP contribution in [0.2, 0.25) is 0 Å². The van der Waals surface area contributed by atoms with Gasteiger partial charge in [-0.3, -0.25) is 14.0 Å². The third-order valence-corrected chi connectivity index (χ3v) is 5.79. The van der Waals surface area contributed by atoms with E-state index in [1.165, 1.54) is 0 Å². The van der Waals surface area contributed by atoms with Gasteiger partial charge in [-0.2, -0.15) is 0 Å². The molecule has 150 valence electrons. The monoisotopic (exact) mass is 390 g/mol. The van der Waals surface area contributed by atoms with Gasteiger partial charge < -0.3 is 10.2 Å². The van der Waals surface area contributed by atoms with Crippen LogP contribution in [0.1, 0.15) is 52.0 Å². The number of carbonyl (C=O) groups excluding carboxylic acids is 2. The summed E-state index contributed by atoms with van der Waals surface area (Å²) in [6.07, 6.45) is 3.77. The molecule has 0 spiro atoms. The maximum atomic E-state index is 13.1. The number of imidazole rings is 1. The van der Waals surface area contributed by atoms with E-state index in [9.17, 15) is 9.59 Å². The molecule has 6 nitrogen and oxygen atoms in total. The van der Waals surface area contributed by atoms with Crippen LogP contribution in [0.15, 0.2) is 42.6 Å². The number of hydrogen-bond donors (Lipinski definition) is 1. The van der Waals surface area contributed by atoms with Crippen molar-refractivity contribution in [3.63, 3.8) is 0 Å². The van der Waals surface area contributed by atoms with Gasteiger partial charge >= 0.3 is 0 Å². The maximum absolute atomic E-state index is 13.1. The van der Waals surface area contributed by atoms with Gasteiger partial charge in [-0.05, 0) is 68.0 Å². The van der Waals surface area contributed by atoms with E-state index in [1.54, 1.807) is 10.6 Å². The van der Waals surface area contributed by atoms with E-state index < -0.39 is 0 Å². The summed E-state index contributed by atoms with van der Waals surface area (Å²) in [5.41, 5.74) is 3.97. The molecule has 29 heavy (non-hydrogen) atoms. The van der Waals surface area contributed by atoms with Gasteiger partial charge in [0.15, 0.2) is 5.69 Å². The molecule has 1 fully saturated rings. The second-order valence-electron chi connectivity index (χ2n) is 7.97. The van der Waals surface area contributed by atoms with Crippen molar-refractivity contribution in [2.24, 2.45) is 5.92 Å². The fourth-order valence-electron chi connectivity index (χ4n) is 3.72. The number of benzene rings is 1. The predicted molar refractivity (Wildman–Crippen MR) is 113 cm³/mol. The Morgan fingerprint density at radius 3 is 2.55 bits per heavy atom. The predicted octanol–water partition coefficient (Wildman–Crippen LogP) is 4.08. The summed E-state index contributed by atoms with van der Waals surface area (Å²) in [5.74, 6) is 0.413. The average molecular weight is 390 g/mol. The summed E-state index contributed by atoms with van der Waals surface area (Å²) in [6.45, 7) is 7.71. The van der Waals surface area contributed by atoms with Crippen LogP contribution in [0.5, 0.6) is 0 Å². The number of nitrogens with one attached hydrogen (secondary N) is 1. The second-order valence-corrected chi connectivity index (χ2v) is 7.97. The van der Waals surface area contributed by atoms with Crippen molar-refractivity contribution in [2.45, 2.75) is 33.6 Å². The number of anilines is 1. The van der Waals surface area contributed by atoms with E-state index >= 15 is 0 Å². The summed E-state index contributed by atoms with van der Waals surface area (Å²) >= 11 is 0. The first-order valence-electron chi connectivity index (χ1n) is 10.1.